The summed E-state index contributed by atoms with van der Waals surface area (Å²) in [6.07, 6.45) is 14.6. The topological polar surface area (TPSA) is 0 Å². The first-order valence-corrected chi connectivity index (χ1v) is 5.78. The van der Waals surface area contributed by atoms with Gasteiger partial charge in [-0.05, 0) is 44.4 Å². The van der Waals surface area contributed by atoms with Gasteiger partial charge >= 0.3 is 0 Å². The van der Waals surface area contributed by atoms with Crippen LogP contribution in [0.1, 0.15) is 51.9 Å². The highest BCUT2D eigenvalue weighted by atomic mass is 14.3. The van der Waals surface area contributed by atoms with Gasteiger partial charge in [-0.25, -0.2) is 0 Å². The van der Waals surface area contributed by atoms with Crippen molar-refractivity contribution >= 4 is 0 Å². The van der Waals surface area contributed by atoms with Gasteiger partial charge in [-0.2, -0.15) is 0 Å². The normalized spacial score (nSPS) is 26.7. The molecule has 0 bridgehead atoms. The Labute approximate surface area is 81.7 Å². The molecule has 0 radical (unpaired) electrons. The third-order valence-electron chi connectivity index (χ3n) is 3.38. The van der Waals surface area contributed by atoms with Gasteiger partial charge in [0.05, 0.1) is 0 Å². The van der Waals surface area contributed by atoms with E-state index in [1.54, 1.807) is 11.1 Å². The first-order valence-electron chi connectivity index (χ1n) is 5.78. The molecule has 0 spiro atoms. The average molecular weight is 176 g/mol. The first-order chi connectivity index (χ1) is 6.40. The van der Waals surface area contributed by atoms with E-state index in [1.807, 2.05) is 0 Å². The number of hydrogen-bond acceptors (Lipinski definition) is 0. The van der Waals surface area contributed by atoms with Crippen LogP contribution in [0, 0.1) is 5.92 Å². The molecule has 2 aliphatic rings. The van der Waals surface area contributed by atoms with Crippen molar-refractivity contribution in [2.75, 3.05) is 0 Å². The lowest BCUT2D eigenvalue weighted by Crippen LogP contribution is -2.03. The fourth-order valence-electron chi connectivity index (χ4n) is 2.34. The summed E-state index contributed by atoms with van der Waals surface area (Å²) >= 11 is 0. The molecule has 0 saturated heterocycles. The lowest BCUT2D eigenvalue weighted by atomic mass is 9.87. The molecule has 0 nitrogen and oxygen atoms in total. The zero-order valence-electron chi connectivity index (χ0n) is 8.68. The molecule has 72 valence electrons. The highest BCUT2D eigenvalue weighted by Crippen LogP contribution is 2.37. The van der Waals surface area contributed by atoms with Gasteiger partial charge in [0, 0.05) is 0 Å². The summed E-state index contributed by atoms with van der Waals surface area (Å²) in [6, 6.07) is 0. The van der Waals surface area contributed by atoms with E-state index >= 15 is 0 Å². The van der Waals surface area contributed by atoms with E-state index in [4.69, 9.17) is 0 Å². The summed E-state index contributed by atoms with van der Waals surface area (Å²) < 4.78 is 0. The maximum absolute atomic E-state index is 2.56. The molecular formula is C13H20. The van der Waals surface area contributed by atoms with Gasteiger partial charge < -0.3 is 0 Å². The summed E-state index contributed by atoms with van der Waals surface area (Å²) in [5.74, 6) is 0.848. The van der Waals surface area contributed by atoms with E-state index in [0.717, 1.165) is 5.92 Å². The summed E-state index contributed by atoms with van der Waals surface area (Å²) in [5.41, 5.74) is 3.46. The van der Waals surface area contributed by atoms with Crippen LogP contribution in [0.2, 0.25) is 0 Å². The third-order valence-corrected chi connectivity index (χ3v) is 3.38. The Morgan fingerprint density at radius 3 is 2.85 bits per heavy atom. The molecule has 0 fully saturated rings. The quantitative estimate of drug-likeness (QED) is 0.562. The zero-order chi connectivity index (χ0) is 9.10. The third kappa shape index (κ3) is 2.04. The van der Waals surface area contributed by atoms with Gasteiger partial charge in [0.15, 0.2) is 0 Å². The van der Waals surface area contributed by atoms with E-state index in [2.05, 4.69) is 19.1 Å². The van der Waals surface area contributed by atoms with E-state index in [1.165, 1.54) is 44.9 Å². The molecular weight excluding hydrogens is 156 g/mol. The molecule has 0 heteroatoms. The Morgan fingerprint density at radius 2 is 2.23 bits per heavy atom. The van der Waals surface area contributed by atoms with Crippen LogP contribution >= 0.6 is 0 Å². The smallest absolute Gasteiger partial charge is 0.00175 e. The van der Waals surface area contributed by atoms with Crippen molar-refractivity contribution in [3.8, 4) is 0 Å². The van der Waals surface area contributed by atoms with Gasteiger partial charge in [0.25, 0.3) is 0 Å². The van der Waals surface area contributed by atoms with Crippen molar-refractivity contribution in [1.29, 1.82) is 0 Å². The van der Waals surface area contributed by atoms with Crippen LogP contribution in [0.5, 0.6) is 0 Å². The van der Waals surface area contributed by atoms with Crippen molar-refractivity contribution in [1.82, 2.24) is 0 Å². The highest BCUT2D eigenvalue weighted by molar-refractivity contribution is 5.26. The summed E-state index contributed by atoms with van der Waals surface area (Å²) in [5, 5.41) is 0. The van der Waals surface area contributed by atoms with Crippen LogP contribution in [0.4, 0.5) is 0 Å². The van der Waals surface area contributed by atoms with Crippen LogP contribution in [-0.4, -0.2) is 0 Å². The largest absolute Gasteiger partial charge is 0.0844 e. The maximum atomic E-state index is 2.56. The van der Waals surface area contributed by atoms with Crippen molar-refractivity contribution in [2.45, 2.75) is 51.9 Å². The SMILES string of the molecule is CCCCC1=CC(C2=CCC2)CC1. The Kier molecular flexibility index (Phi) is 2.87. The second-order valence-corrected chi connectivity index (χ2v) is 4.39. The molecule has 0 aromatic rings. The van der Waals surface area contributed by atoms with Crippen molar-refractivity contribution in [2.24, 2.45) is 5.92 Å². The van der Waals surface area contributed by atoms with Gasteiger partial charge in [-0.1, -0.05) is 36.6 Å². The van der Waals surface area contributed by atoms with Gasteiger partial charge in [-0.15, -0.1) is 0 Å². The van der Waals surface area contributed by atoms with E-state index in [0.29, 0.717) is 0 Å². The predicted octanol–water partition coefficient (Wildman–Crippen LogP) is 4.23. The highest BCUT2D eigenvalue weighted by Gasteiger charge is 2.21. The average Bonchev–Trinajstić information content (AvgIpc) is 2.46. The Bertz CT molecular complexity index is 232. The molecule has 13 heavy (non-hydrogen) atoms. The minimum Gasteiger partial charge on any atom is -0.0844 e. The molecule has 0 aromatic carbocycles. The molecule has 1 atom stereocenters. The van der Waals surface area contributed by atoms with Crippen molar-refractivity contribution in [3.05, 3.63) is 23.3 Å². The van der Waals surface area contributed by atoms with E-state index in [-0.39, 0.29) is 0 Å². The van der Waals surface area contributed by atoms with Crippen molar-refractivity contribution < 1.29 is 0 Å². The molecule has 1 unspecified atom stereocenters. The predicted molar refractivity (Wildman–Crippen MR) is 57.6 cm³/mol. The maximum Gasteiger partial charge on any atom is -0.00175 e. The fourth-order valence-corrected chi connectivity index (χ4v) is 2.34. The van der Waals surface area contributed by atoms with Gasteiger partial charge in [-0.3, -0.25) is 0 Å². The minimum absolute atomic E-state index is 0.848. The lowest BCUT2D eigenvalue weighted by Gasteiger charge is -2.19. The number of allylic oxidation sites excluding steroid dienone is 4. The molecule has 2 aliphatic carbocycles. The monoisotopic (exact) mass is 176 g/mol. The Hall–Kier alpha value is -0.520. The molecule has 2 rings (SSSR count). The van der Waals surface area contributed by atoms with Gasteiger partial charge in [0.2, 0.25) is 0 Å². The Morgan fingerprint density at radius 1 is 1.38 bits per heavy atom. The fraction of sp³-hybridized carbons (Fsp3) is 0.692. The molecule has 0 amide bonds. The summed E-state index contributed by atoms with van der Waals surface area (Å²) in [7, 11) is 0. The summed E-state index contributed by atoms with van der Waals surface area (Å²) in [6.45, 7) is 2.28. The van der Waals surface area contributed by atoms with E-state index in [9.17, 15) is 0 Å². The number of unbranched alkanes of at least 4 members (excludes halogenated alkanes) is 1. The standard InChI is InChI=1S/C13H20/c1-2-3-5-11-8-9-13(10-11)12-6-4-7-12/h6,10,13H,2-5,7-9H2,1H3. The number of hydrogen-bond donors (Lipinski definition) is 0. The van der Waals surface area contributed by atoms with Crippen LogP contribution in [0.25, 0.3) is 0 Å². The summed E-state index contributed by atoms with van der Waals surface area (Å²) in [4.78, 5) is 0. The molecule has 0 aromatic heterocycles. The van der Waals surface area contributed by atoms with Gasteiger partial charge in [0.1, 0.15) is 0 Å². The van der Waals surface area contributed by atoms with Crippen LogP contribution < -0.4 is 0 Å². The van der Waals surface area contributed by atoms with E-state index < -0.39 is 0 Å². The molecule has 0 heterocycles. The Balaban J connectivity index is 1.86. The first kappa shape index (κ1) is 9.05. The van der Waals surface area contributed by atoms with Crippen LogP contribution in [0.3, 0.4) is 0 Å². The van der Waals surface area contributed by atoms with Crippen LogP contribution in [0.15, 0.2) is 23.3 Å². The number of rotatable bonds is 4. The molecule has 0 aliphatic heterocycles. The second-order valence-electron chi connectivity index (χ2n) is 4.39. The van der Waals surface area contributed by atoms with Crippen LogP contribution in [-0.2, 0) is 0 Å². The molecule has 0 N–H and O–H groups in total. The van der Waals surface area contributed by atoms with Crippen molar-refractivity contribution in [3.63, 3.8) is 0 Å². The minimum atomic E-state index is 0.848. The lowest BCUT2D eigenvalue weighted by molar-refractivity contribution is 0.645. The second kappa shape index (κ2) is 4.13. The molecule has 0 saturated carbocycles. The zero-order valence-corrected chi connectivity index (χ0v) is 8.68.